The van der Waals surface area contributed by atoms with Gasteiger partial charge in [0.05, 0.1) is 9.81 Å². The van der Waals surface area contributed by atoms with E-state index < -0.39 is 31.6 Å². The highest BCUT2D eigenvalue weighted by molar-refractivity contribution is 7.99. The Bertz CT molecular complexity index is 781. The normalized spacial score (nSPS) is 18.9. The van der Waals surface area contributed by atoms with Crippen molar-refractivity contribution in [2.75, 3.05) is 13.2 Å². The number of allylic oxidation sites excluding steroid dienone is 4. The molecule has 0 aromatic heterocycles. The summed E-state index contributed by atoms with van der Waals surface area (Å²) >= 11 is 0. The SMILES string of the molecule is CC(=O)OCC1=CC=C(COC(C)=O)S1(=O)=O.O=S1(=O)C=CC=C1. The van der Waals surface area contributed by atoms with Gasteiger partial charge in [0.15, 0.2) is 9.84 Å². The highest BCUT2D eigenvalue weighted by Gasteiger charge is 2.28. The first kappa shape index (κ1) is 19.8. The van der Waals surface area contributed by atoms with E-state index in [1.807, 2.05) is 0 Å². The lowest BCUT2D eigenvalue weighted by Gasteiger charge is -2.07. The molecule has 2 aliphatic heterocycles. The van der Waals surface area contributed by atoms with Gasteiger partial charge in [-0.1, -0.05) is 0 Å². The van der Waals surface area contributed by atoms with Gasteiger partial charge in [-0.3, -0.25) is 9.59 Å². The maximum atomic E-state index is 11.8. The molecule has 0 fully saturated rings. The van der Waals surface area contributed by atoms with Gasteiger partial charge in [-0.15, -0.1) is 0 Å². The van der Waals surface area contributed by atoms with E-state index in [0.29, 0.717) is 0 Å². The average molecular weight is 376 g/mol. The van der Waals surface area contributed by atoms with Gasteiger partial charge < -0.3 is 9.47 Å². The molecule has 10 heteroatoms. The van der Waals surface area contributed by atoms with E-state index in [2.05, 4.69) is 9.47 Å². The Balaban J connectivity index is 0.000000341. The Morgan fingerprint density at radius 2 is 1.21 bits per heavy atom. The third kappa shape index (κ3) is 6.13. The van der Waals surface area contributed by atoms with Crippen molar-refractivity contribution < 1.29 is 35.9 Å². The molecule has 0 bridgehead atoms. The van der Waals surface area contributed by atoms with Gasteiger partial charge >= 0.3 is 11.9 Å². The van der Waals surface area contributed by atoms with Crippen LogP contribution in [0.5, 0.6) is 0 Å². The Kier molecular flexibility index (Phi) is 6.67. The Morgan fingerprint density at radius 3 is 1.46 bits per heavy atom. The van der Waals surface area contributed by atoms with Gasteiger partial charge in [-0.2, -0.15) is 0 Å². The molecule has 0 amide bonds. The van der Waals surface area contributed by atoms with Crippen LogP contribution in [0.4, 0.5) is 0 Å². The van der Waals surface area contributed by atoms with Gasteiger partial charge in [-0.25, -0.2) is 16.8 Å². The minimum Gasteiger partial charge on any atom is -0.460 e. The summed E-state index contributed by atoms with van der Waals surface area (Å²) in [6, 6.07) is 0. The zero-order chi connectivity index (χ0) is 18.4. The fraction of sp³-hybridized carbons (Fsp3) is 0.286. The Hall–Kier alpha value is -2.20. The van der Waals surface area contributed by atoms with E-state index in [9.17, 15) is 26.4 Å². The lowest BCUT2D eigenvalue weighted by molar-refractivity contribution is -0.140. The van der Waals surface area contributed by atoms with Gasteiger partial charge in [0.25, 0.3) is 0 Å². The zero-order valence-electron chi connectivity index (χ0n) is 13.0. The van der Waals surface area contributed by atoms with Crippen molar-refractivity contribution in [2.45, 2.75) is 13.8 Å². The van der Waals surface area contributed by atoms with Gasteiger partial charge in [-0.05, 0) is 24.3 Å². The number of carbonyl (C=O) groups excluding carboxylic acids is 2. The van der Waals surface area contributed by atoms with E-state index in [4.69, 9.17) is 0 Å². The molecule has 2 heterocycles. The molecule has 0 saturated carbocycles. The number of esters is 2. The molecule has 0 spiro atoms. The highest BCUT2D eigenvalue weighted by atomic mass is 32.2. The van der Waals surface area contributed by atoms with E-state index in [-0.39, 0.29) is 23.0 Å². The van der Waals surface area contributed by atoms with Crippen LogP contribution < -0.4 is 0 Å². The lowest BCUT2D eigenvalue weighted by Crippen LogP contribution is -2.14. The summed E-state index contributed by atoms with van der Waals surface area (Å²) in [5.41, 5.74) is 0. The second-order valence-electron chi connectivity index (χ2n) is 4.58. The predicted molar refractivity (Wildman–Crippen MR) is 85.6 cm³/mol. The van der Waals surface area contributed by atoms with Crippen molar-refractivity contribution in [1.29, 1.82) is 0 Å². The maximum absolute atomic E-state index is 11.8. The minimum absolute atomic E-state index is 0.0187. The van der Waals surface area contributed by atoms with Crippen molar-refractivity contribution >= 4 is 31.6 Å². The minimum atomic E-state index is -3.65. The van der Waals surface area contributed by atoms with Crippen LogP contribution in [-0.4, -0.2) is 42.0 Å². The van der Waals surface area contributed by atoms with Gasteiger partial charge in [0.1, 0.15) is 13.2 Å². The van der Waals surface area contributed by atoms with Crippen molar-refractivity contribution in [2.24, 2.45) is 0 Å². The van der Waals surface area contributed by atoms with Crippen molar-refractivity contribution in [3.05, 3.63) is 44.9 Å². The summed E-state index contributed by atoms with van der Waals surface area (Å²) in [5, 5.41) is 2.32. The highest BCUT2D eigenvalue weighted by Crippen LogP contribution is 2.24. The Morgan fingerprint density at radius 1 is 0.833 bits per heavy atom. The van der Waals surface area contributed by atoms with Gasteiger partial charge in [0, 0.05) is 24.7 Å². The standard InChI is InChI=1S/C10H12O6S.C4H4O2S/c1-7(11)15-5-9-3-4-10(17(9,13)14)6-16-8(2)12;5-7(6)3-1-2-4-7/h3-4H,5-6H2,1-2H3;1-4H. The topological polar surface area (TPSA) is 121 Å². The third-order valence-corrected chi connectivity index (χ3v) is 5.59. The van der Waals surface area contributed by atoms with Crippen LogP contribution in [0.3, 0.4) is 0 Å². The summed E-state index contributed by atoms with van der Waals surface area (Å²) in [4.78, 5) is 21.1. The Labute approximate surface area is 140 Å². The molecule has 2 rings (SSSR count). The molecule has 2 aliphatic rings. The molecule has 0 unspecified atom stereocenters. The molecule has 24 heavy (non-hydrogen) atoms. The number of ether oxygens (including phenoxy) is 2. The second kappa shape index (κ2) is 8.06. The molecule has 0 N–H and O–H groups in total. The van der Waals surface area contributed by atoms with Gasteiger partial charge in [0.2, 0.25) is 9.84 Å². The molecular formula is C14H16O8S2. The molecule has 0 atom stereocenters. The van der Waals surface area contributed by atoms with Crippen molar-refractivity contribution in [1.82, 2.24) is 0 Å². The van der Waals surface area contributed by atoms with Crippen LogP contribution in [0.2, 0.25) is 0 Å². The van der Waals surface area contributed by atoms with Crippen LogP contribution >= 0.6 is 0 Å². The lowest BCUT2D eigenvalue weighted by atomic mass is 10.4. The average Bonchev–Trinajstić information content (AvgIpc) is 2.97. The molecule has 132 valence electrons. The third-order valence-electron chi connectivity index (χ3n) is 2.63. The number of sulfone groups is 2. The summed E-state index contributed by atoms with van der Waals surface area (Å²) in [6.45, 7) is 1.76. The van der Waals surface area contributed by atoms with Crippen LogP contribution in [0.15, 0.2) is 44.9 Å². The number of hydrogen-bond acceptors (Lipinski definition) is 8. The maximum Gasteiger partial charge on any atom is 0.302 e. The van der Waals surface area contributed by atoms with Crippen LogP contribution in [0.1, 0.15) is 13.8 Å². The van der Waals surface area contributed by atoms with Crippen LogP contribution in [0.25, 0.3) is 0 Å². The number of carbonyl (C=O) groups is 2. The summed E-state index contributed by atoms with van der Waals surface area (Å²) in [5.74, 6) is -1.12. The second-order valence-corrected chi connectivity index (χ2v) is 8.35. The predicted octanol–water partition coefficient (Wildman–Crippen LogP) is 0.751. The number of hydrogen-bond donors (Lipinski definition) is 0. The van der Waals surface area contributed by atoms with E-state index >= 15 is 0 Å². The smallest absolute Gasteiger partial charge is 0.302 e. The van der Waals surface area contributed by atoms with Crippen LogP contribution in [0, 0.1) is 0 Å². The summed E-state index contributed by atoms with van der Waals surface area (Å²) < 4.78 is 53.3. The summed E-state index contributed by atoms with van der Waals surface area (Å²) in [6.07, 6.45) is 5.65. The molecule has 0 radical (unpaired) electrons. The molecule has 0 aromatic carbocycles. The largest absolute Gasteiger partial charge is 0.460 e. The molecule has 8 nitrogen and oxygen atoms in total. The van der Waals surface area contributed by atoms with Crippen molar-refractivity contribution in [3.63, 3.8) is 0 Å². The molecule has 0 aliphatic carbocycles. The van der Waals surface area contributed by atoms with E-state index in [0.717, 1.165) is 10.8 Å². The summed E-state index contributed by atoms with van der Waals surface area (Å²) in [7, 11) is -6.56. The fourth-order valence-electron chi connectivity index (χ4n) is 1.49. The molecule has 0 saturated heterocycles. The first-order valence-corrected chi connectivity index (χ1v) is 9.65. The van der Waals surface area contributed by atoms with Crippen LogP contribution in [-0.2, 0) is 38.7 Å². The van der Waals surface area contributed by atoms with Crippen molar-refractivity contribution in [3.8, 4) is 0 Å². The quantitative estimate of drug-likeness (QED) is 0.659. The monoisotopic (exact) mass is 376 g/mol. The molecule has 0 aromatic rings. The number of rotatable bonds is 4. The zero-order valence-corrected chi connectivity index (χ0v) is 14.6. The van der Waals surface area contributed by atoms with E-state index in [1.54, 1.807) is 0 Å². The fourth-order valence-corrected chi connectivity index (χ4v) is 3.45. The van der Waals surface area contributed by atoms with E-state index in [1.165, 1.54) is 38.2 Å². The molecular weight excluding hydrogens is 360 g/mol. The first-order chi connectivity index (χ1) is 11.0. The first-order valence-electron chi connectivity index (χ1n) is 6.56.